The van der Waals surface area contributed by atoms with Crippen molar-refractivity contribution in [2.24, 2.45) is 0 Å². The third kappa shape index (κ3) is 5.00. The van der Waals surface area contributed by atoms with Crippen LogP contribution in [-0.4, -0.2) is 46.5 Å². The molecule has 1 aromatic carbocycles. The van der Waals surface area contributed by atoms with E-state index in [2.05, 4.69) is 44.5 Å². The molecular weight excluding hydrogens is 314 g/mol. The summed E-state index contributed by atoms with van der Waals surface area (Å²) < 4.78 is 0. The minimum Gasteiger partial charge on any atom is -0.368 e. The zero-order valence-electron chi connectivity index (χ0n) is 14.6. The lowest BCUT2D eigenvalue weighted by Crippen LogP contribution is -2.48. The SMILES string of the molecule is Cc1cc(C(=O)N[C@H]2CCCN(CCc3ccccc3)C2)nc(N)n1. The first-order valence-corrected chi connectivity index (χ1v) is 8.78. The van der Waals surface area contributed by atoms with Crippen LogP contribution in [0.2, 0.25) is 0 Å². The molecule has 1 atom stereocenters. The number of amides is 1. The van der Waals surface area contributed by atoms with E-state index in [-0.39, 0.29) is 17.9 Å². The summed E-state index contributed by atoms with van der Waals surface area (Å²) in [4.78, 5) is 22.9. The van der Waals surface area contributed by atoms with Crippen molar-refractivity contribution in [2.45, 2.75) is 32.2 Å². The lowest BCUT2D eigenvalue weighted by atomic mass is 10.0. The second-order valence-electron chi connectivity index (χ2n) is 6.60. The topological polar surface area (TPSA) is 84.1 Å². The highest BCUT2D eigenvalue weighted by Crippen LogP contribution is 2.12. The smallest absolute Gasteiger partial charge is 0.270 e. The molecule has 0 unspecified atom stereocenters. The number of rotatable bonds is 5. The molecule has 0 saturated carbocycles. The fourth-order valence-corrected chi connectivity index (χ4v) is 3.28. The van der Waals surface area contributed by atoms with Crippen LogP contribution in [0, 0.1) is 6.92 Å². The normalized spacial score (nSPS) is 18.0. The number of aryl methyl sites for hydroxylation is 1. The number of nitrogens with two attached hydrogens (primary N) is 1. The van der Waals surface area contributed by atoms with E-state index in [0.717, 1.165) is 38.9 Å². The number of nitrogens with one attached hydrogen (secondary N) is 1. The first-order valence-electron chi connectivity index (χ1n) is 8.78. The number of benzene rings is 1. The molecule has 6 nitrogen and oxygen atoms in total. The van der Waals surface area contributed by atoms with Gasteiger partial charge in [-0.15, -0.1) is 0 Å². The molecule has 0 bridgehead atoms. The van der Waals surface area contributed by atoms with Crippen LogP contribution in [0.4, 0.5) is 5.95 Å². The van der Waals surface area contributed by atoms with Crippen molar-refractivity contribution in [3.05, 3.63) is 53.3 Å². The number of hydrogen-bond donors (Lipinski definition) is 2. The van der Waals surface area contributed by atoms with Crippen LogP contribution in [-0.2, 0) is 6.42 Å². The van der Waals surface area contributed by atoms with Gasteiger partial charge in [0.25, 0.3) is 5.91 Å². The van der Waals surface area contributed by atoms with Crippen LogP contribution in [0.25, 0.3) is 0 Å². The van der Waals surface area contributed by atoms with Crippen molar-refractivity contribution in [1.29, 1.82) is 0 Å². The average Bonchev–Trinajstić information content (AvgIpc) is 2.60. The van der Waals surface area contributed by atoms with Crippen LogP contribution in [0.1, 0.15) is 34.6 Å². The summed E-state index contributed by atoms with van der Waals surface area (Å²) in [6.45, 7) is 4.77. The van der Waals surface area contributed by atoms with Gasteiger partial charge in [0.1, 0.15) is 5.69 Å². The van der Waals surface area contributed by atoms with Crippen molar-refractivity contribution in [3.8, 4) is 0 Å². The Morgan fingerprint density at radius 3 is 2.88 bits per heavy atom. The van der Waals surface area contributed by atoms with E-state index in [1.165, 1.54) is 5.56 Å². The molecule has 3 rings (SSSR count). The summed E-state index contributed by atoms with van der Waals surface area (Å²) in [7, 11) is 0. The lowest BCUT2D eigenvalue weighted by molar-refractivity contribution is 0.0899. The Bertz CT molecular complexity index is 699. The molecule has 1 amide bonds. The number of carbonyl (C=O) groups excluding carboxylic acids is 1. The Balaban J connectivity index is 1.53. The van der Waals surface area contributed by atoms with Gasteiger partial charge in [0.2, 0.25) is 5.95 Å². The molecule has 1 aromatic heterocycles. The maximum absolute atomic E-state index is 12.4. The van der Waals surface area contributed by atoms with Crippen LogP contribution in [0.3, 0.4) is 0 Å². The van der Waals surface area contributed by atoms with E-state index < -0.39 is 0 Å². The van der Waals surface area contributed by atoms with E-state index in [4.69, 9.17) is 5.73 Å². The third-order valence-electron chi connectivity index (χ3n) is 4.50. The number of hydrogen-bond acceptors (Lipinski definition) is 5. The van der Waals surface area contributed by atoms with Crippen molar-refractivity contribution >= 4 is 11.9 Å². The number of nitrogens with zero attached hydrogens (tertiary/aromatic N) is 3. The summed E-state index contributed by atoms with van der Waals surface area (Å²) in [6, 6.07) is 12.3. The van der Waals surface area contributed by atoms with Crippen molar-refractivity contribution < 1.29 is 4.79 Å². The van der Waals surface area contributed by atoms with Gasteiger partial charge < -0.3 is 16.0 Å². The second-order valence-corrected chi connectivity index (χ2v) is 6.60. The highest BCUT2D eigenvalue weighted by molar-refractivity contribution is 5.92. The fraction of sp³-hybridized carbons (Fsp3) is 0.421. The van der Waals surface area contributed by atoms with Crippen LogP contribution in [0.15, 0.2) is 36.4 Å². The quantitative estimate of drug-likeness (QED) is 0.868. The summed E-state index contributed by atoms with van der Waals surface area (Å²) >= 11 is 0. The number of nitrogen functional groups attached to an aromatic ring is 1. The minimum absolute atomic E-state index is 0.137. The van der Waals surface area contributed by atoms with E-state index in [1.807, 2.05) is 6.07 Å². The van der Waals surface area contributed by atoms with Crippen LogP contribution >= 0.6 is 0 Å². The Kier molecular flexibility index (Phi) is 5.60. The van der Waals surface area contributed by atoms with Crippen molar-refractivity contribution in [1.82, 2.24) is 20.2 Å². The van der Waals surface area contributed by atoms with Gasteiger partial charge in [-0.1, -0.05) is 30.3 Å². The van der Waals surface area contributed by atoms with E-state index >= 15 is 0 Å². The maximum atomic E-state index is 12.4. The molecule has 1 saturated heterocycles. The van der Waals surface area contributed by atoms with E-state index in [0.29, 0.717) is 11.4 Å². The number of likely N-dealkylation sites (tertiary alicyclic amines) is 1. The molecule has 132 valence electrons. The standard InChI is InChI=1S/C19H25N5O/c1-14-12-17(23-19(20)21-14)18(25)22-16-8-5-10-24(13-16)11-9-15-6-3-2-4-7-15/h2-4,6-7,12,16H,5,8-11,13H2,1H3,(H,22,25)(H2,20,21,23)/t16-/m0/s1. The van der Waals surface area contributed by atoms with Gasteiger partial charge in [-0.2, -0.15) is 0 Å². The summed E-state index contributed by atoms with van der Waals surface area (Å²) in [5.74, 6) is -0.0367. The summed E-state index contributed by atoms with van der Waals surface area (Å²) in [6.07, 6.45) is 3.11. The molecule has 0 aliphatic carbocycles. The predicted molar refractivity (Wildman–Crippen MR) is 98.3 cm³/mol. The number of piperidine rings is 1. The molecule has 1 aliphatic heterocycles. The fourth-order valence-electron chi connectivity index (χ4n) is 3.28. The molecule has 2 aromatic rings. The summed E-state index contributed by atoms with van der Waals surface area (Å²) in [5.41, 5.74) is 8.02. The predicted octanol–water partition coefficient (Wildman–Crippen LogP) is 1.80. The van der Waals surface area contributed by atoms with Crippen molar-refractivity contribution in [3.63, 3.8) is 0 Å². The first kappa shape index (κ1) is 17.4. The van der Waals surface area contributed by atoms with Crippen molar-refractivity contribution in [2.75, 3.05) is 25.4 Å². The largest absolute Gasteiger partial charge is 0.368 e. The molecule has 6 heteroatoms. The molecule has 1 fully saturated rings. The summed E-state index contributed by atoms with van der Waals surface area (Å²) in [5, 5.41) is 3.09. The monoisotopic (exact) mass is 339 g/mol. The van der Waals surface area contributed by atoms with Gasteiger partial charge in [0, 0.05) is 24.8 Å². The Morgan fingerprint density at radius 2 is 2.12 bits per heavy atom. The Morgan fingerprint density at radius 1 is 1.32 bits per heavy atom. The third-order valence-corrected chi connectivity index (χ3v) is 4.50. The van der Waals surface area contributed by atoms with Gasteiger partial charge in [0.15, 0.2) is 0 Å². The Hall–Kier alpha value is -2.47. The molecule has 1 aliphatic rings. The van der Waals surface area contributed by atoms with E-state index in [1.54, 1.807) is 13.0 Å². The first-order chi connectivity index (χ1) is 12.1. The second kappa shape index (κ2) is 8.07. The highest BCUT2D eigenvalue weighted by atomic mass is 16.2. The van der Waals surface area contributed by atoms with Gasteiger partial charge in [-0.25, -0.2) is 9.97 Å². The van der Waals surface area contributed by atoms with Crippen LogP contribution < -0.4 is 11.1 Å². The molecule has 0 spiro atoms. The minimum atomic E-state index is -0.174. The molecule has 25 heavy (non-hydrogen) atoms. The molecule has 0 radical (unpaired) electrons. The van der Waals surface area contributed by atoms with Gasteiger partial charge in [0.05, 0.1) is 0 Å². The lowest BCUT2D eigenvalue weighted by Gasteiger charge is -2.33. The average molecular weight is 339 g/mol. The molecular formula is C19H25N5O. The van der Waals surface area contributed by atoms with Gasteiger partial charge >= 0.3 is 0 Å². The zero-order valence-corrected chi connectivity index (χ0v) is 14.6. The van der Waals surface area contributed by atoms with E-state index in [9.17, 15) is 4.79 Å². The number of carbonyl (C=O) groups is 1. The number of aromatic nitrogens is 2. The molecule has 2 heterocycles. The van der Waals surface area contributed by atoms with Crippen LogP contribution in [0.5, 0.6) is 0 Å². The molecule has 3 N–H and O–H groups in total. The zero-order chi connectivity index (χ0) is 17.6. The maximum Gasteiger partial charge on any atom is 0.270 e. The van der Waals surface area contributed by atoms with Gasteiger partial charge in [-0.3, -0.25) is 4.79 Å². The van der Waals surface area contributed by atoms with Gasteiger partial charge in [-0.05, 0) is 44.4 Å². The Labute approximate surface area is 148 Å². The highest BCUT2D eigenvalue weighted by Gasteiger charge is 2.22. The number of anilines is 1.